The van der Waals surface area contributed by atoms with Crippen LogP contribution in [0.4, 0.5) is 9.18 Å². The molecule has 2 aromatic rings. The Hall–Kier alpha value is -2.60. The van der Waals surface area contributed by atoms with Crippen molar-refractivity contribution in [3.05, 3.63) is 57.2 Å². The number of hydrogen-bond acceptors (Lipinski definition) is 4. The number of nitrogens with one attached hydrogen (secondary N) is 1. The van der Waals surface area contributed by atoms with E-state index >= 15 is 4.39 Å². The first-order valence-electron chi connectivity index (χ1n) is 10.7. The van der Waals surface area contributed by atoms with E-state index in [2.05, 4.69) is 45.1 Å². The van der Waals surface area contributed by atoms with Crippen molar-refractivity contribution in [1.82, 2.24) is 5.32 Å². The Morgan fingerprint density at radius 1 is 1.03 bits per heavy atom. The van der Waals surface area contributed by atoms with Crippen LogP contribution in [0.25, 0.3) is 17.2 Å². The van der Waals surface area contributed by atoms with Crippen LogP contribution in [0, 0.1) is 12.7 Å². The smallest absolute Gasteiger partial charge is 0.290 e. The third-order valence-electron chi connectivity index (χ3n) is 6.75. The van der Waals surface area contributed by atoms with E-state index in [0.717, 1.165) is 35.7 Å². The van der Waals surface area contributed by atoms with Gasteiger partial charge >= 0.3 is 0 Å². The Balaban J connectivity index is 1.86. The zero-order valence-electron chi connectivity index (χ0n) is 19.3. The molecule has 1 aliphatic heterocycles. The topological polar surface area (TPSA) is 55.4 Å². The first-order chi connectivity index (χ1) is 14.9. The Morgan fingerprint density at radius 3 is 2.22 bits per heavy atom. The predicted molar refractivity (Wildman–Crippen MR) is 128 cm³/mol. The Kier molecular flexibility index (Phi) is 5.48. The lowest BCUT2D eigenvalue weighted by Crippen LogP contribution is -2.34. The first-order valence-corrected chi connectivity index (χ1v) is 11.5. The second kappa shape index (κ2) is 7.77. The minimum absolute atomic E-state index is 0.0308. The van der Waals surface area contributed by atoms with E-state index < -0.39 is 17.0 Å². The van der Waals surface area contributed by atoms with Crippen LogP contribution in [0.3, 0.4) is 0 Å². The summed E-state index contributed by atoms with van der Waals surface area (Å²) < 4.78 is 20.9. The van der Waals surface area contributed by atoms with Crippen molar-refractivity contribution in [2.45, 2.75) is 58.3 Å². The highest BCUT2D eigenvalue weighted by Crippen LogP contribution is 2.48. The number of amides is 2. The number of halogens is 1. The predicted octanol–water partition coefficient (Wildman–Crippen LogP) is 6.48. The molecule has 168 valence electrons. The van der Waals surface area contributed by atoms with Gasteiger partial charge in [-0.3, -0.25) is 14.9 Å². The van der Waals surface area contributed by atoms with Gasteiger partial charge in [0.2, 0.25) is 0 Å². The largest absolute Gasteiger partial charge is 0.493 e. The molecule has 0 spiro atoms. The van der Waals surface area contributed by atoms with Crippen LogP contribution in [0.15, 0.2) is 29.2 Å². The molecule has 4 rings (SSSR count). The number of aryl methyl sites for hydroxylation is 1. The van der Waals surface area contributed by atoms with Crippen molar-refractivity contribution < 1.29 is 18.7 Å². The molecule has 0 saturated carbocycles. The summed E-state index contributed by atoms with van der Waals surface area (Å²) in [6.07, 6.45) is 3.60. The van der Waals surface area contributed by atoms with Gasteiger partial charge in [0.15, 0.2) is 11.6 Å². The van der Waals surface area contributed by atoms with E-state index in [-0.39, 0.29) is 27.0 Å². The minimum Gasteiger partial charge on any atom is -0.493 e. The van der Waals surface area contributed by atoms with Crippen LogP contribution < -0.4 is 10.1 Å². The fourth-order valence-corrected chi connectivity index (χ4v) is 5.34. The number of ether oxygens (including phenoxy) is 1. The molecule has 0 bridgehead atoms. The van der Waals surface area contributed by atoms with Gasteiger partial charge in [-0.2, -0.15) is 0 Å². The van der Waals surface area contributed by atoms with Crippen molar-refractivity contribution in [2.75, 3.05) is 7.11 Å². The summed E-state index contributed by atoms with van der Waals surface area (Å²) in [5, 5.41) is 1.73. The van der Waals surface area contributed by atoms with Crippen molar-refractivity contribution in [3.63, 3.8) is 0 Å². The average molecular weight is 454 g/mol. The van der Waals surface area contributed by atoms with Gasteiger partial charge in [0.05, 0.1) is 12.0 Å². The quantitative estimate of drug-likeness (QED) is 0.540. The molecule has 6 heteroatoms. The molecule has 1 heterocycles. The van der Waals surface area contributed by atoms with E-state index in [1.165, 1.54) is 24.3 Å². The van der Waals surface area contributed by atoms with Gasteiger partial charge in [-0.15, -0.1) is 0 Å². The number of benzene rings is 2. The zero-order chi connectivity index (χ0) is 23.4. The lowest BCUT2D eigenvalue weighted by Gasteiger charge is -2.42. The number of carbonyl (C=O) groups excluding carboxylic acids is 2. The van der Waals surface area contributed by atoms with Gasteiger partial charge in [-0.1, -0.05) is 39.8 Å². The van der Waals surface area contributed by atoms with E-state index in [1.807, 2.05) is 13.0 Å². The van der Waals surface area contributed by atoms with Crippen LogP contribution in [0.2, 0.25) is 0 Å². The summed E-state index contributed by atoms with van der Waals surface area (Å²) in [4.78, 5) is 23.5. The molecule has 1 aliphatic carbocycles. The molecule has 2 amide bonds. The molecule has 0 aromatic heterocycles. The Morgan fingerprint density at radius 2 is 1.66 bits per heavy atom. The van der Waals surface area contributed by atoms with Crippen LogP contribution in [0.5, 0.6) is 5.75 Å². The molecule has 32 heavy (non-hydrogen) atoms. The fourth-order valence-electron chi connectivity index (χ4n) is 4.67. The number of fused-ring (bicyclic) bond motifs is 1. The van der Waals surface area contributed by atoms with Gasteiger partial charge in [0.25, 0.3) is 11.1 Å². The van der Waals surface area contributed by atoms with Gasteiger partial charge in [0, 0.05) is 11.1 Å². The van der Waals surface area contributed by atoms with Crippen LogP contribution in [0.1, 0.15) is 62.8 Å². The standard InChI is InChI=1S/C26H28FNO3S/c1-14-11-18-19(26(4,5)10-9-25(18,2)3)13-17(14)16-8-7-15(21(27)22(16)31-6)12-20-23(29)28-24(30)32-20/h7-8,11-13H,9-10H2,1-6H3,(H,28,29,30)/b20-12-. The number of imide groups is 1. The third kappa shape index (κ3) is 3.75. The second-order valence-electron chi connectivity index (χ2n) is 9.88. The maximum Gasteiger partial charge on any atom is 0.290 e. The molecule has 1 saturated heterocycles. The second-order valence-corrected chi connectivity index (χ2v) is 10.9. The van der Waals surface area contributed by atoms with Gasteiger partial charge in [0.1, 0.15) is 0 Å². The lowest BCUT2D eigenvalue weighted by molar-refractivity contribution is -0.115. The fraction of sp³-hybridized carbons (Fsp3) is 0.385. The average Bonchev–Trinajstić information content (AvgIpc) is 3.03. The molecule has 0 unspecified atom stereocenters. The van der Waals surface area contributed by atoms with Crippen molar-refractivity contribution in [1.29, 1.82) is 0 Å². The zero-order valence-corrected chi connectivity index (χ0v) is 20.1. The normalized spacial score (nSPS) is 20.3. The molecule has 1 N–H and O–H groups in total. The number of hydrogen-bond donors (Lipinski definition) is 1. The van der Waals surface area contributed by atoms with Gasteiger partial charge < -0.3 is 4.74 Å². The molecule has 1 fully saturated rings. The monoisotopic (exact) mass is 453 g/mol. The Bertz CT molecular complexity index is 1180. The van der Waals surface area contributed by atoms with E-state index in [0.29, 0.717) is 5.56 Å². The molecule has 4 nitrogen and oxygen atoms in total. The highest BCUT2D eigenvalue weighted by molar-refractivity contribution is 8.18. The summed E-state index contributed by atoms with van der Waals surface area (Å²) in [6, 6.07) is 7.89. The minimum atomic E-state index is -0.554. The van der Waals surface area contributed by atoms with Gasteiger partial charge in [-0.05, 0) is 82.8 Å². The molecular formula is C26H28FNO3S. The Labute approximate surface area is 192 Å². The van der Waals surface area contributed by atoms with Crippen LogP contribution >= 0.6 is 11.8 Å². The molecular weight excluding hydrogens is 425 g/mol. The number of carbonyl (C=O) groups is 2. The van der Waals surface area contributed by atoms with E-state index in [4.69, 9.17) is 4.74 Å². The molecule has 0 radical (unpaired) electrons. The summed E-state index contributed by atoms with van der Waals surface area (Å²) in [5.74, 6) is -0.940. The molecule has 2 aliphatic rings. The van der Waals surface area contributed by atoms with Crippen LogP contribution in [-0.4, -0.2) is 18.3 Å². The maximum atomic E-state index is 15.4. The maximum absolute atomic E-state index is 15.4. The van der Waals surface area contributed by atoms with Crippen molar-refractivity contribution >= 4 is 29.0 Å². The summed E-state index contributed by atoms with van der Waals surface area (Å²) in [6.45, 7) is 11.1. The third-order valence-corrected chi connectivity index (χ3v) is 7.56. The van der Waals surface area contributed by atoms with Crippen molar-refractivity contribution in [3.8, 4) is 16.9 Å². The highest BCUT2D eigenvalue weighted by Gasteiger charge is 2.37. The summed E-state index contributed by atoms with van der Waals surface area (Å²) in [7, 11) is 1.44. The number of thioether (sulfide) groups is 1. The summed E-state index contributed by atoms with van der Waals surface area (Å²) in [5.41, 5.74) is 5.65. The number of methoxy groups -OCH3 is 1. The van der Waals surface area contributed by atoms with E-state index in [9.17, 15) is 9.59 Å². The number of rotatable bonds is 3. The van der Waals surface area contributed by atoms with Crippen LogP contribution in [-0.2, 0) is 15.6 Å². The SMILES string of the molecule is COc1c(-c2cc3c(cc2C)C(C)(C)CCC3(C)C)ccc(/C=C2\SC(=O)NC2=O)c1F. The highest BCUT2D eigenvalue weighted by atomic mass is 32.2. The molecule has 2 aromatic carbocycles. The summed E-state index contributed by atoms with van der Waals surface area (Å²) >= 11 is 0.763. The first kappa shape index (κ1) is 22.6. The van der Waals surface area contributed by atoms with Gasteiger partial charge in [-0.25, -0.2) is 4.39 Å². The van der Waals surface area contributed by atoms with Crippen molar-refractivity contribution in [2.24, 2.45) is 0 Å². The lowest BCUT2D eigenvalue weighted by atomic mass is 9.62. The molecule has 0 atom stereocenters. The van der Waals surface area contributed by atoms with E-state index in [1.54, 1.807) is 6.07 Å².